The molecule has 1 atom stereocenters. The molecule has 3 rings (SSSR count). The minimum absolute atomic E-state index is 0.106. The van der Waals surface area contributed by atoms with Gasteiger partial charge in [0, 0.05) is 22.7 Å². The van der Waals surface area contributed by atoms with Crippen LogP contribution in [-0.2, 0) is 17.8 Å². The highest BCUT2D eigenvalue weighted by Crippen LogP contribution is 2.28. The lowest BCUT2D eigenvalue weighted by Crippen LogP contribution is -2.08. The van der Waals surface area contributed by atoms with E-state index in [1.54, 1.807) is 49.4 Å². The molecular formula is C23H22FNO3. The van der Waals surface area contributed by atoms with Crippen LogP contribution in [0.1, 0.15) is 29.7 Å². The third-order valence-electron chi connectivity index (χ3n) is 4.47. The average Bonchev–Trinajstić information content (AvgIpc) is 2.67. The highest BCUT2D eigenvalue weighted by atomic mass is 19.1. The van der Waals surface area contributed by atoms with Crippen molar-refractivity contribution in [3.8, 4) is 16.9 Å². The van der Waals surface area contributed by atoms with Gasteiger partial charge in [-0.05, 0) is 30.2 Å². The fourth-order valence-electron chi connectivity index (χ4n) is 3.07. The zero-order valence-corrected chi connectivity index (χ0v) is 15.6. The van der Waals surface area contributed by atoms with Crippen LogP contribution in [0, 0.1) is 5.82 Å². The number of rotatable bonds is 7. The molecule has 0 aliphatic heterocycles. The summed E-state index contributed by atoms with van der Waals surface area (Å²) in [6, 6.07) is 19.3. The van der Waals surface area contributed by atoms with Crippen molar-refractivity contribution in [2.24, 2.45) is 5.73 Å². The standard InChI is InChI=1S/C23H22FNO3/c1-15(25)19-9-5-10-20(23(19)24)17-8-4-6-16(12-17)14-28-21-11-3-2-7-18(21)13-22(26)27/h2-12,15H,13-14,25H2,1H3,(H,26,27). The van der Waals surface area contributed by atoms with Gasteiger partial charge in [-0.25, -0.2) is 4.39 Å². The number of halogens is 1. The fourth-order valence-corrected chi connectivity index (χ4v) is 3.07. The van der Waals surface area contributed by atoms with Gasteiger partial charge in [0.2, 0.25) is 0 Å². The summed E-state index contributed by atoms with van der Waals surface area (Å²) in [5.74, 6) is -0.703. The number of aliphatic carboxylic acids is 1. The molecular weight excluding hydrogens is 357 g/mol. The van der Waals surface area contributed by atoms with Crippen LogP contribution in [0.15, 0.2) is 66.7 Å². The first kappa shape index (κ1) is 19.6. The third kappa shape index (κ3) is 4.56. The van der Waals surface area contributed by atoms with Crippen LogP contribution in [-0.4, -0.2) is 11.1 Å². The molecule has 0 saturated heterocycles. The molecule has 0 amide bonds. The van der Waals surface area contributed by atoms with Crippen molar-refractivity contribution < 1.29 is 19.0 Å². The van der Waals surface area contributed by atoms with Gasteiger partial charge in [-0.15, -0.1) is 0 Å². The maximum absolute atomic E-state index is 14.8. The van der Waals surface area contributed by atoms with Gasteiger partial charge >= 0.3 is 5.97 Å². The predicted molar refractivity (Wildman–Crippen MR) is 107 cm³/mol. The second kappa shape index (κ2) is 8.67. The number of ether oxygens (including phenoxy) is 1. The smallest absolute Gasteiger partial charge is 0.307 e. The second-order valence-corrected chi connectivity index (χ2v) is 6.66. The maximum atomic E-state index is 14.8. The van der Waals surface area contributed by atoms with Crippen LogP contribution in [0.4, 0.5) is 4.39 Å². The van der Waals surface area contributed by atoms with Crippen LogP contribution < -0.4 is 10.5 Å². The molecule has 3 N–H and O–H groups in total. The lowest BCUT2D eigenvalue weighted by molar-refractivity contribution is -0.136. The Kier molecular flexibility index (Phi) is 6.06. The Labute approximate surface area is 163 Å². The molecule has 0 aliphatic carbocycles. The van der Waals surface area contributed by atoms with Crippen molar-refractivity contribution >= 4 is 5.97 Å². The Morgan fingerprint density at radius 2 is 1.86 bits per heavy atom. The van der Waals surface area contributed by atoms with Gasteiger partial charge in [0.1, 0.15) is 18.2 Å². The van der Waals surface area contributed by atoms with Gasteiger partial charge in [-0.3, -0.25) is 4.79 Å². The number of hydrogen-bond acceptors (Lipinski definition) is 3. The van der Waals surface area contributed by atoms with E-state index in [2.05, 4.69) is 0 Å². The van der Waals surface area contributed by atoms with Gasteiger partial charge in [0.25, 0.3) is 0 Å². The molecule has 3 aromatic rings. The molecule has 144 valence electrons. The quantitative estimate of drug-likeness (QED) is 0.623. The van der Waals surface area contributed by atoms with Crippen molar-refractivity contribution in [3.05, 3.63) is 89.2 Å². The molecule has 0 spiro atoms. The van der Waals surface area contributed by atoms with Crippen LogP contribution in [0.25, 0.3) is 11.1 Å². The van der Waals surface area contributed by atoms with E-state index in [-0.39, 0.29) is 18.8 Å². The molecule has 4 nitrogen and oxygen atoms in total. The molecule has 0 aromatic heterocycles. The van der Waals surface area contributed by atoms with Crippen LogP contribution >= 0.6 is 0 Å². The number of hydrogen-bond donors (Lipinski definition) is 2. The second-order valence-electron chi connectivity index (χ2n) is 6.66. The Bertz CT molecular complexity index is 985. The van der Waals surface area contributed by atoms with E-state index in [1.165, 1.54) is 0 Å². The first-order chi connectivity index (χ1) is 13.5. The molecule has 0 bridgehead atoms. The van der Waals surface area contributed by atoms with Crippen molar-refractivity contribution in [1.29, 1.82) is 0 Å². The van der Waals surface area contributed by atoms with E-state index >= 15 is 0 Å². The summed E-state index contributed by atoms with van der Waals surface area (Å²) >= 11 is 0. The molecule has 1 unspecified atom stereocenters. The van der Waals surface area contributed by atoms with Gasteiger partial charge in [0.05, 0.1) is 6.42 Å². The third-order valence-corrected chi connectivity index (χ3v) is 4.47. The van der Waals surface area contributed by atoms with Crippen LogP contribution in [0.3, 0.4) is 0 Å². The van der Waals surface area contributed by atoms with Crippen molar-refractivity contribution in [2.45, 2.75) is 26.0 Å². The summed E-state index contributed by atoms with van der Waals surface area (Å²) in [7, 11) is 0. The molecule has 3 aromatic carbocycles. The van der Waals surface area contributed by atoms with E-state index < -0.39 is 12.0 Å². The van der Waals surface area contributed by atoms with E-state index in [0.29, 0.717) is 22.4 Å². The van der Waals surface area contributed by atoms with Crippen LogP contribution in [0.5, 0.6) is 5.75 Å². The van der Waals surface area contributed by atoms with Crippen molar-refractivity contribution in [1.82, 2.24) is 0 Å². The topological polar surface area (TPSA) is 72.5 Å². The highest BCUT2D eigenvalue weighted by molar-refractivity contribution is 5.71. The van der Waals surface area contributed by atoms with Gasteiger partial charge in [0.15, 0.2) is 0 Å². The lowest BCUT2D eigenvalue weighted by Gasteiger charge is -2.13. The zero-order chi connectivity index (χ0) is 20.1. The molecule has 0 saturated carbocycles. The van der Waals surface area contributed by atoms with E-state index in [9.17, 15) is 9.18 Å². The summed E-state index contributed by atoms with van der Waals surface area (Å²) in [6.07, 6.45) is -0.106. The number of para-hydroxylation sites is 1. The monoisotopic (exact) mass is 379 g/mol. The minimum atomic E-state index is -0.914. The van der Waals surface area contributed by atoms with E-state index in [1.807, 2.05) is 24.3 Å². The average molecular weight is 379 g/mol. The van der Waals surface area contributed by atoms with Crippen LogP contribution in [0.2, 0.25) is 0 Å². The normalized spacial score (nSPS) is 11.8. The molecule has 0 heterocycles. The minimum Gasteiger partial charge on any atom is -0.489 e. The zero-order valence-electron chi connectivity index (χ0n) is 15.6. The van der Waals surface area contributed by atoms with E-state index in [0.717, 1.165) is 11.1 Å². The molecule has 5 heteroatoms. The Hall–Kier alpha value is -3.18. The molecule has 0 fully saturated rings. The van der Waals surface area contributed by atoms with Gasteiger partial charge in [-0.1, -0.05) is 54.6 Å². The largest absolute Gasteiger partial charge is 0.489 e. The first-order valence-corrected chi connectivity index (χ1v) is 9.01. The number of carboxylic acid groups (broad SMARTS) is 1. The summed E-state index contributed by atoms with van der Waals surface area (Å²) in [5, 5.41) is 9.03. The lowest BCUT2D eigenvalue weighted by atomic mass is 9.98. The Morgan fingerprint density at radius 1 is 1.11 bits per heavy atom. The highest BCUT2D eigenvalue weighted by Gasteiger charge is 2.13. The predicted octanol–water partition coefficient (Wildman–Crippen LogP) is 4.72. The van der Waals surface area contributed by atoms with Gasteiger partial charge < -0.3 is 15.6 Å². The number of nitrogens with two attached hydrogens (primary N) is 1. The molecule has 0 aliphatic rings. The first-order valence-electron chi connectivity index (χ1n) is 9.01. The summed E-state index contributed by atoms with van der Waals surface area (Å²) in [4.78, 5) is 11.0. The number of benzene rings is 3. The Morgan fingerprint density at radius 3 is 2.61 bits per heavy atom. The maximum Gasteiger partial charge on any atom is 0.307 e. The summed E-state index contributed by atoms with van der Waals surface area (Å²) in [6.45, 7) is 2.00. The molecule has 28 heavy (non-hydrogen) atoms. The Balaban J connectivity index is 1.82. The van der Waals surface area contributed by atoms with Gasteiger partial charge in [-0.2, -0.15) is 0 Å². The molecule has 0 radical (unpaired) electrons. The van der Waals surface area contributed by atoms with Crippen molar-refractivity contribution in [3.63, 3.8) is 0 Å². The summed E-state index contributed by atoms with van der Waals surface area (Å²) < 4.78 is 20.6. The number of carboxylic acids is 1. The van der Waals surface area contributed by atoms with E-state index in [4.69, 9.17) is 15.6 Å². The number of carbonyl (C=O) groups is 1. The fraction of sp³-hybridized carbons (Fsp3) is 0.174. The SMILES string of the molecule is CC(N)c1cccc(-c2cccc(COc3ccccc3CC(=O)O)c2)c1F. The summed E-state index contributed by atoms with van der Waals surface area (Å²) in [5.41, 5.74) is 9.02. The van der Waals surface area contributed by atoms with Crippen molar-refractivity contribution in [2.75, 3.05) is 0 Å².